The van der Waals surface area contributed by atoms with E-state index in [0.29, 0.717) is 12.8 Å². The Morgan fingerprint density at radius 1 is 1.00 bits per heavy atom. The first-order chi connectivity index (χ1) is 15.1. The monoisotopic (exact) mass is 420 g/mol. The Hall–Kier alpha value is -2.43. The lowest BCUT2D eigenvalue weighted by Crippen LogP contribution is -2.22. The van der Waals surface area contributed by atoms with Gasteiger partial charge >= 0.3 is 5.97 Å². The van der Waals surface area contributed by atoms with Crippen molar-refractivity contribution in [3.63, 3.8) is 0 Å². The van der Waals surface area contributed by atoms with E-state index >= 15 is 0 Å². The van der Waals surface area contributed by atoms with E-state index in [4.69, 9.17) is 4.74 Å². The fraction of sp³-hybridized carbons (Fsp3) is 0.444. The molecule has 2 aromatic carbocycles. The Bertz CT molecular complexity index is 942. The van der Waals surface area contributed by atoms with E-state index in [1.807, 2.05) is 6.07 Å². The Kier molecular flexibility index (Phi) is 7.21. The number of allylic oxidation sites excluding steroid dienone is 2. The summed E-state index contributed by atoms with van der Waals surface area (Å²) in [5.74, 6) is -0.309. The zero-order valence-electron chi connectivity index (χ0n) is 17.9. The molecule has 4 rings (SSSR count). The number of rotatable bonds is 3. The first-order valence-electron chi connectivity index (χ1n) is 11.5. The standard InChI is InChI=1S/C27H32O4/c28-22-17-21-8-2-1-3-11-23(31-27(30)16-15-26(29)25(21)18-22)14-13-20-10-6-9-19-7-4-5-12-24(19)20/h2,4-10,12,15-16,21-23,25-26,28-29H,1,3,11,13-14,17-18H2/b8-2+,16-15+/t21-,22+,23-,25-,26-/m1/s1. The average molecular weight is 421 g/mol. The summed E-state index contributed by atoms with van der Waals surface area (Å²) < 4.78 is 5.77. The molecule has 1 aliphatic heterocycles. The topological polar surface area (TPSA) is 66.8 Å². The highest BCUT2D eigenvalue weighted by Gasteiger charge is 2.35. The summed E-state index contributed by atoms with van der Waals surface area (Å²) in [7, 11) is 0. The molecule has 1 saturated carbocycles. The highest BCUT2D eigenvalue weighted by Crippen LogP contribution is 2.36. The van der Waals surface area contributed by atoms with Crippen molar-refractivity contribution in [3.8, 4) is 0 Å². The predicted octanol–water partition coefficient (Wildman–Crippen LogP) is 4.73. The number of aliphatic hydroxyl groups is 2. The highest BCUT2D eigenvalue weighted by atomic mass is 16.5. The van der Waals surface area contributed by atoms with Crippen LogP contribution in [0.4, 0.5) is 0 Å². The van der Waals surface area contributed by atoms with Crippen molar-refractivity contribution in [3.05, 3.63) is 72.3 Å². The minimum atomic E-state index is -0.755. The summed E-state index contributed by atoms with van der Waals surface area (Å²) in [6.07, 6.45) is 11.4. The Balaban J connectivity index is 1.44. The maximum atomic E-state index is 12.4. The second-order valence-electron chi connectivity index (χ2n) is 8.90. The number of hydrogen-bond acceptors (Lipinski definition) is 4. The number of hydrogen-bond donors (Lipinski definition) is 2. The van der Waals surface area contributed by atoms with Crippen LogP contribution >= 0.6 is 0 Å². The van der Waals surface area contributed by atoms with E-state index in [0.717, 1.165) is 32.1 Å². The van der Waals surface area contributed by atoms with Crippen molar-refractivity contribution in [2.24, 2.45) is 11.8 Å². The van der Waals surface area contributed by atoms with Gasteiger partial charge in [-0.15, -0.1) is 0 Å². The highest BCUT2D eigenvalue weighted by molar-refractivity contribution is 5.85. The fourth-order valence-corrected chi connectivity index (χ4v) is 5.04. The van der Waals surface area contributed by atoms with Crippen molar-refractivity contribution < 1.29 is 19.7 Å². The van der Waals surface area contributed by atoms with Gasteiger partial charge in [0.15, 0.2) is 0 Å². The number of benzene rings is 2. The van der Waals surface area contributed by atoms with Crippen LogP contribution in [-0.2, 0) is 16.0 Å². The number of carbonyl (C=O) groups excluding carboxylic acids is 1. The molecular formula is C27H32O4. The normalized spacial score (nSPS) is 31.7. The first kappa shape index (κ1) is 21.8. The molecule has 164 valence electrons. The van der Waals surface area contributed by atoms with Crippen LogP contribution in [0.1, 0.15) is 44.1 Å². The van der Waals surface area contributed by atoms with E-state index in [-0.39, 0.29) is 24.0 Å². The fourth-order valence-electron chi connectivity index (χ4n) is 5.04. The number of ether oxygens (including phenoxy) is 1. The molecule has 0 spiro atoms. The molecule has 0 saturated heterocycles. The van der Waals surface area contributed by atoms with Gasteiger partial charge in [0.05, 0.1) is 12.2 Å². The molecule has 1 heterocycles. The zero-order valence-corrected chi connectivity index (χ0v) is 17.9. The summed E-state index contributed by atoms with van der Waals surface area (Å²) in [5.41, 5.74) is 1.27. The molecule has 0 amide bonds. The molecule has 2 aromatic rings. The van der Waals surface area contributed by atoms with Crippen LogP contribution in [0.15, 0.2) is 66.8 Å². The molecule has 5 atom stereocenters. The summed E-state index contributed by atoms with van der Waals surface area (Å²) in [6, 6.07) is 14.7. The molecule has 31 heavy (non-hydrogen) atoms. The van der Waals surface area contributed by atoms with Crippen LogP contribution in [0.2, 0.25) is 0 Å². The van der Waals surface area contributed by atoms with Crippen molar-refractivity contribution in [1.29, 1.82) is 0 Å². The van der Waals surface area contributed by atoms with Gasteiger partial charge in [-0.2, -0.15) is 0 Å². The minimum Gasteiger partial charge on any atom is -0.459 e. The molecular weight excluding hydrogens is 388 g/mol. The van der Waals surface area contributed by atoms with Crippen LogP contribution in [0, 0.1) is 11.8 Å². The average Bonchev–Trinajstić information content (AvgIpc) is 3.15. The van der Waals surface area contributed by atoms with Gasteiger partial charge in [0.25, 0.3) is 0 Å². The third-order valence-electron chi connectivity index (χ3n) is 6.69. The van der Waals surface area contributed by atoms with Gasteiger partial charge in [-0.25, -0.2) is 4.79 Å². The van der Waals surface area contributed by atoms with Crippen molar-refractivity contribution in [1.82, 2.24) is 0 Å². The first-order valence-corrected chi connectivity index (χ1v) is 11.5. The van der Waals surface area contributed by atoms with Crippen molar-refractivity contribution >= 4 is 16.7 Å². The van der Waals surface area contributed by atoms with Crippen molar-refractivity contribution in [2.75, 3.05) is 0 Å². The molecule has 0 bridgehead atoms. The Labute approximate surface area is 184 Å². The second kappa shape index (κ2) is 10.3. The maximum absolute atomic E-state index is 12.4. The van der Waals surface area contributed by atoms with E-state index in [1.54, 1.807) is 0 Å². The predicted molar refractivity (Wildman–Crippen MR) is 123 cm³/mol. The van der Waals surface area contributed by atoms with Crippen LogP contribution in [0.3, 0.4) is 0 Å². The molecule has 0 aromatic heterocycles. The van der Waals surface area contributed by atoms with Gasteiger partial charge in [0.2, 0.25) is 0 Å². The number of aliphatic hydroxyl groups excluding tert-OH is 2. The van der Waals surface area contributed by atoms with E-state index < -0.39 is 12.1 Å². The summed E-state index contributed by atoms with van der Waals surface area (Å²) >= 11 is 0. The molecule has 0 unspecified atom stereocenters. The lowest BCUT2D eigenvalue weighted by atomic mass is 9.90. The quantitative estimate of drug-likeness (QED) is 0.557. The lowest BCUT2D eigenvalue weighted by Gasteiger charge is -2.19. The van der Waals surface area contributed by atoms with E-state index in [9.17, 15) is 15.0 Å². The van der Waals surface area contributed by atoms with Gasteiger partial charge in [0.1, 0.15) is 6.10 Å². The molecule has 2 aliphatic rings. The maximum Gasteiger partial charge on any atom is 0.330 e. The molecule has 0 radical (unpaired) electrons. The second-order valence-corrected chi connectivity index (χ2v) is 8.90. The van der Waals surface area contributed by atoms with Crippen LogP contribution < -0.4 is 0 Å². The van der Waals surface area contributed by atoms with Gasteiger partial charge < -0.3 is 14.9 Å². The third-order valence-corrected chi connectivity index (χ3v) is 6.69. The van der Waals surface area contributed by atoms with Crippen LogP contribution in [0.25, 0.3) is 10.8 Å². The van der Waals surface area contributed by atoms with Crippen LogP contribution in [-0.4, -0.2) is 34.5 Å². The molecule has 2 N–H and O–H groups in total. The SMILES string of the molecule is O=C1/C=C/[C@@H](O)[C@@H]2C[C@@H](O)C[C@H]2/C=C/CCC[C@H](CCc2cccc3ccccc23)O1. The van der Waals surface area contributed by atoms with E-state index in [2.05, 4.69) is 48.6 Å². The zero-order chi connectivity index (χ0) is 21.6. The number of fused-ring (bicyclic) bond motifs is 2. The smallest absolute Gasteiger partial charge is 0.330 e. The van der Waals surface area contributed by atoms with E-state index in [1.165, 1.54) is 28.5 Å². The molecule has 1 fully saturated rings. The number of cyclic esters (lactones) is 1. The molecule has 1 aliphatic carbocycles. The Morgan fingerprint density at radius 2 is 1.84 bits per heavy atom. The van der Waals surface area contributed by atoms with Crippen molar-refractivity contribution in [2.45, 2.75) is 63.3 Å². The largest absolute Gasteiger partial charge is 0.459 e. The number of esters is 1. The van der Waals surface area contributed by atoms with Gasteiger partial charge in [0, 0.05) is 6.08 Å². The summed E-state index contributed by atoms with van der Waals surface area (Å²) in [5, 5.41) is 23.0. The van der Waals surface area contributed by atoms with Crippen LogP contribution in [0.5, 0.6) is 0 Å². The molecule has 4 nitrogen and oxygen atoms in total. The lowest BCUT2D eigenvalue weighted by molar-refractivity contribution is -0.143. The summed E-state index contributed by atoms with van der Waals surface area (Å²) in [6.45, 7) is 0. The number of aryl methyl sites for hydroxylation is 1. The van der Waals surface area contributed by atoms with Gasteiger partial charge in [-0.3, -0.25) is 0 Å². The van der Waals surface area contributed by atoms with Gasteiger partial charge in [-0.1, -0.05) is 54.6 Å². The van der Waals surface area contributed by atoms with Gasteiger partial charge in [-0.05, 0) is 79.2 Å². The Morgan fingerprint density at radius 3 is 2.74 bits per heavy atom. The summed E-state index contributed by atoms with van der Waals surface area (Å²) in [4.78, 5) is 12.4. The molecule has 4 heteroatoms. The number of carbonyl (C=O) groups is 1. The minimum absolute atomic E-state index is 0.0572. The third kappa shape index (κ3) is 5.63.